The maximum Gasteiger partial charge on any atom is 0.279 e. The Morgan fingerprint density at radius 3 is 2.73 bits per heavy atom. The molecule has 15 heavy (non-hydrogen) atoms. The van der Waals surface area contributed by atoms with Crippen molar-refractivity contribution in [1.29, 1.82) is 0 Å². The monoisotopic (exact) mass is 233 g/mol. The molecule has 0 aromatic carbocycles. The van der Waals surface area contributed by atoms with Crippen LogP contribution in [0.1, 0.15) is 19.8 Å². The first-order valence-corrected chi connectivity index (χ1v) is 7.00. The Kier molecular flexibility index (Phi) is 3.30. The average molecular weight is 233 g/mol. The lowest BCUT2D eigenvalue weighted by Crippen LogP contribution is -2.45. The number of hydrogen-bond acceptors (Lipinski definition) is 3. The first-order valence-electron chi connectivity index (χ1n) is 5.56. The van der Waals surface area contributed by atoms with Gasteiger partial charge in [0.25, 0.3) is 10.2 Å². The van der Waals surface area contributed by atoms with E-state index in [-0.39, 0.29) is 6.04 Å². The minimum atomic E-state index is -3.23. The molecule has 0 bridgehead atoms. The van der Waals surface area contributed by atoms with Crippen LogP contribution >= 0.6 is 0 Å². The molecule has 5 nitrogen and oxygen atoms in total. The fourth-order valence-corrected chi connectivity index (χ4v) is 3.72. The SMILES string of the molecule is CC1CCN(S(=O)(=O)NC2CCNC2)C1. The van der Waals surface area contributed by atoms with Gasteiger partial charge in [-0.1, -0.05) is 6.92 Å². The predicted molar refractivity (Wildman–Crippen MR) is 58.7 cm³/mol. The zero-order chi connectivity index (χ0) is 10.9. The Balaban J connectivity index is 1.94. The summed E-state index contributed by atoms with van der Waals surface area (Å²) in [6, 6.07) is 0.0749. The highest BCUT2D eigenvalue weighted by Crippen LogP contribution is 2.18. The van der Waals surface area contributed by atoms with Crippen LogP contribution in [0.15, 0.2) is 0 Å². The summed E-state index contributed by atoms with van der Waals surface area (Å²) >= 11 is 0. The Morgan fingerprint density at radius 2 is 2.20 bits per heavy atom. The zero-order valence-corrected chi connectivity index (χ0v) is 9.89. The summed E-state index contributed by atoms with van der Waals surface area (Å²) in [5.41, 5.74) is 0. The molecule has 0 spiro atoms. The molecule has 0 radical (unpaired) electrons. The summed E-state index contributed by atoms with van der Waals surface area (Å²) in [7, 11) is -3.23. The Bertz CT molecular complexity index is 311. The van der Waals surface area contributed by atoms with E-state index >= 15 is 0 Å². The predicted octanol–water partition coefficient (Wildman–Crippen LogP) is -0.475. The van der Waals surface area contributed by atoms with Gasteiger partial charge in [0.15, 0.2) is 0 Å². The molecule has 2 atom stereocenters. The summed E-state index contributed by atoms with van der Waals surface area (Å²) < 4.78 is 28.2. The molecule has 0 aliphatic carbocycles. The molecular formula is C9H19N3O2S. The van der Waals surface area contributed by atoms with Gasteiger partial charge in [0.05, 0.1) is 0 Å². The van der Waals surface area contributed by atoms with Crippen LogP contribution < -0.4 is 10.0 Å². The molecule has 2 unspecified atom stereocenters. The fourth-order valence-electron chi connectivity index (χ4n) is 2.15. The van der Waals surface area contributed by atoms with E-state index in [0.717, 1.165) is 25.9 Å². The summed E-state index contributed by atoms with van der Waals surface area (Å²) in [5, 5.41) is 3.15. The van der Waals surface area contributed by atoms with Crippen molar-refractivity contribution in [3.05, 3.63) is 0 Å². The first kappa shape index (κ1) is 11.3. The third-order valence-corrected chi connectivity index (χ3v) is 4.75. The van der Waals surface area contributed by atoms with E-state index in [1.807, 2.05) is 0 Å². The summed E-state index contributed by atoms with van der Waals surface area (Å²) in [6.45, 7) is 5.07. The van der Waals surface area contributed by atoms with Crippen molar-refractivity contribution < 1.29 is 8.42 Å². The first-order chi connectivity index (χ1) is 7.08. The van der Waals surface area contributed by atoms with Crippen LogP contribution in [0.3, 0.4) is 0 Å². The van der Waals surface area contributed by atoms with E-state index in [9.17, 15) is 8.42 Å². The highest BCUT2D eigenvalue weighted by molar-refractivity contribution is 7.87. The van der Waals surface area contributed by atoms with E-state index < -0.39 is 10.2 Å². The smallest absolute Gasteiger partial charge is 0.279 e. The van der Waals surface area contributed by atoms with Crippen LogP contribution in [0.25, 0.3) is 0 Å². The summed E-state index contributed by atoms with van der Waals surface area (Å²) in [6.07, 6.45) is 1.87. The number of rotatable bonds is 3. The van der Waals surface area contributed by atoms with E-state index in [2.05, 4.69) is 17.0 Å². The molecule has 2 saturated heterocycles. The average Bonchev–Trinajstić information content (AvgIpc) is 2.75. The van der Waals surface area contributed by atoms with Crippen molar-refractivity contribution in [2.75, 3.05) is 26.2 Å². The Morgan fingerprint density at radius 1 is 1.40 bits per heavy atom. The molecule has 2 fully saturated rings. The lowest BCUT2D eigenvalue weighted by atomic mass is 10.2. The standard InChI is InChI=1S/C9H19N3O2S/c1-8-3-5-12(7-8)15(13,14)11-9-2-4-10-6-9/h8-11H,2-7H2,1H3. The molecule has 2 N–H and O–H groups in total. The minimum absolute atomic E-state index is 0.0749. The van der Waals surface area contributed by atoms with Crippen LogP contribution in [0.5, 0.6) is 0 Å². The lowest BCUT2D eigenvalue weighted by molar-refractivity contribution is 0.444. The van der Waals surface area contributed by atoms with Crippen molar-refractivity contribution >= 4 is 10.2 Å². The van der Waals surface area contributed by atoms with Crippen LogP contribution in [0, 0.1) is 5.92 Å². The fraction of sp³-hybridized carbons (Fsp3) is 1.00. The van der Waals surface area contributed by atoms with Gasteiger partial charge in [-0.3, -0.25) is 0 Å². The Labute approximate surface area is 91.4 Å². The van der Waals surface area contributed by atoms with Gasteiger partial charge in [-0.2, -0.15) is 17.4 Å². The normalized spacial score (nSPS) is 33.7. The van der Waals surface area contributed by atoms with Gasteiger partial charge in [-0.15, -0.1) is 0 Å². The molecule has 2 heterocycles. The molecule has 2 aliphatic rings. The lowest BCUT2D eigenvalue weighted by Gasteiger charge is -2.19. The third kappa shape index (κ3) is 2.69. The number of nitrogens with zero attached hydrogens (tertiary/aromatic N) is 1. The van der Waals surface area contributed by atoms with Crippen molar-refractivity contribution in [2.24, 2.45) is 5.92 Å². The molecule has 0 aromatic rings. The number of hydrogen-bond donors (Lipinski definition) is 2. The maximum atomic E-state index is 11.9. The van der Waals surface area contributed by atoms with Gasteiger partial charge in [0, 0.05) is 25.7 Å². The second-order valence-electron chi connectivity index (χ2n) is 4.56. The van der Waals surface area contributed by atoms with Crippen molar-refractivity contribution in [3.63, 3.8) is 0 Å². The molecule has 0 amide bonds. The van der Waals surface area contributed by atoms with Crippen LogP contribution in [0.2, 0.25) is 0 Å². The molecule has 88 valence electrons. The van der Waals surface area contributed by atoms with Crippen molar-refractivity contribution in [3.8, 4) is 0 Å². The summed E-state index contributed by atoms with van der Waals surface area (Å²) in [5.74, 6) is 0.489. The van der Waals surface area contributed by atoms with Crippen LogP contribution in [-0.2, 0) is 10.2 Å². The molecule has 0 aromatic heterocycles. The van der Waals surface area contributed by atoms with Gasteiger partial charge in [0.1, 0.15) is 0 Å². The van der Waals surface area contributed by atoms with Gasteiger partial charge in [-0.05, 0) is 25.3 Å². The molecular weight excluding hydrogens is 214 g/mol. The minimum Gasteiger partial charge on any atom is -0.315 e. The number of nitrogens with one attached hydrogen (secondary N) is 2. The van der Waals surface area contributed by atoms with E-state index in [1.54, 1.807) is 4.31 Å². The second-order valence-corrected chi connectivity index (χ2v) is 6.27. The highest BCUT2D eigenvalue weighted by atomic mass is 32.2. The van der Waals surface area contributed by atoms with Gasteiger partial charge < -0.3 is 5.32 Å². The van der Waals surface area contributed by atoms with Crippen LogP contribution in [0.4, 0.5) is 0 Å². The highest BCUT2D eigenvalue weighted by Gasteiger charge is 2.31. The van der Waals surface area contributed by atoms with Crippen LogP contribution in [-0.4, -0.2) is 44.9 Å². The largest absolute Gasteiger partial charge is 0.315 e. The van der Waals surface area contributed by atoms with E-state index in [4.69, 9.17) is 0 Å². The van der Waals surface area contributed by atoms with Gasteiger partial charge in [0.2, 0.25) is 0 Å². The topological polar surface area (TPSA) is 61.4 Å². The van der Waals surface area contributed by atoms with Gasteiger partial charge >= 0.3 is 0 Å². The summed E-state index contributed by atoms with van der Waals surface area (Å²) in [4.78, 5) is 0. The quantitative estimate of drug-likeness (QED) is 0.692. The molecule has 2 rings (SSSR count). The van der Waals surface area contributed by atoms with Gasteiger partial charge in [-0.25, -0.2) is 0 Å². The molecule has 0 saturated carbocycles. The van der Waals surface area contributed by atoms with Crippen molar-refractivity contribution in [2.45, 2.75) is 25.8 Å². The Hall–Kier alpha value is -0.170. The molecule has 2 aliphatic heterocycles. The molecule has 6 heteroatoms. The van der Waals surface area contributed by atoms with E-state index in [1.165, 1.54) is 0 Å². The maximum absolute atomic E-state index is 11.9. The second kappa shape index (κ2) is 4.37. The van der Waals surface area contributed by atoms with E-state index in [0.29, 0.717) is 19.0 Å². The third-order valence-electron chi connectivity index (χ3n) is 3.10. The zero-order valence-electron chi connectivity index (χ0n) is 9.07. The van der Waals surface area contributed by atoms with Crippen molar-refractivity contribution in [1.82, 2.24) is 14.3 Å².